The van der Waals surface area contributed by atoms with Gasteiger partial charge in [0.15, 0.2) is 0 Å². The lowest BCUT2D eigenvalue weighted by Gasteiger charge is -2.08. The number of hydrogen-bond acceptors (Lipinski definition) is 4. The van der Waals surface area contributed by atoms with Crippen molar-refractivity contribution < 1.29 is 14.6 Å². The summed E-state index contributed by atoms with van der Waals surface area (Å²) in [5.74, 6) is -0.484. The summed E-state index contributed by atoms with van der Waals surface area (Å²) in [5, 5.41) is 14.1. The van der Waals surface area contributed by atoms with Crippen LogP contribution in [0.4, 0.5) is 0 Å². The summed E-state index contributed by atoms with van der Waals surface area (Å²) in [4.78, 5) is 11.0. The van der Waals surface area contributed by atoms with Crippen molar-refractivity contribution in [2.24, 2.45) is 7.05 Å². The molecule has 1 aromatic heterocycles. The first-order chi connectivity index (χ1) is 6.97. The fourth-order valence-electron chi connectivity index (χ4n) is 1.37. The zero-order valence-electron chi connectivity index (χ0n) is 8.82. The lowest BCUT2D eigenvalue weighted by Crippen LogP contribution is -2.08. The maximum atomic E-state index is 11.0. The molecule has 6 heteroatoms. The van der Waals surface area contributed by atoms with Gasteiger partial charge in [0.2, 0.25) is 0 Å². The number of ether oxygens (including phenoxy) is 1. The highest BCUT2D eigenvalue weighted by Crippen LogP contribution is 2.27. The molecule has 0 aliphatic heterocycles. The number of methoxy groups -OCH3 is 1. The van der Waals surface area contributed by atoms with E-state index in [-0.39, 0.29) is 6.42 Å². The van der Waals surface area contributed by atoms with Crippen LogP contribution in [0, 0.1) is 6.92 Å². The van der Waals surface area contributed by atoms with E-state index >= 15 is 0 Å². The van der Waals surface area contributed by atoms with Gasteiger partial charge in [-0.25, -0.2) is 0 Å². The van der Waals surface area contributed by atoms with Crippen LogP contribution in [0.5, 0.6) is 0 Å². The molecule has 1 rings (SSSR count). The van der Waals surface area contributed by atoms with E-state index in [1.165, 1.54) is 11.8 Å². The van der Waals surface area contributed by atoms with Crippen LogP contribution in [0.2, 0.25) is 5.15 Å². The van der Waals surface area contributed by atoms with E-state index in [0.717, 1.165) is 0 Å². The molecule has 1 aromatic rings. The van der Waals surface area contributed by atoms with Gasteiger partial charge in [0.1, 0.15) is 5.15 Å². The molecule has 1 atom stereocenters. The van der Waals surface area contributed by atoms with Gasteiger partial charge >= 0.3 is 5.97 Å². The second kappa shape index (κ2) is 4.63. The SMILES string of the molecule is COC(=O)C[C@H](O)c1c(C)nn(C)c1Cl. The number of aryl methyl sites for hydroxylation is 2. The Labute approximate surface area is 92.6 Å². The van der Waals surface area contributed by atoms with Gasteiger partial charge in [-0.2, -0.15) is 5.10 Å². The van der Waals surface area contributed by atoms with E-state index in [4.69, 9.17) is 11.6 Å². The van der Waals surface area contributed by atoms with Crippen molar-refractivity contribution >= 4 is 17.6 Å². The highest BCUT2D eigenvalue weighted by atomic mass is 35.5. The molecule has 1 N–H and O–H groups in total. The molecule has 0 amide bonds. The minimum absolute atomic E-state index is 0.122. The number of carbonyl (C=O) groups excluding carboxylic acids is 1. The molecule has 0 aliphatic rings. The van der Waals surface area contributed by atoms with Crippen molar-refractivity contribution in [1.29, 1.82) is 0 Å². The van der Waals surface area contributed by atoms with Crippen molar-refractivity contribution in [3.63, 3.8) is 0 Å². The first-order valence-corrected chi connectivity index (χ1v) is 4.79. The van der Waals surface area contributed by atoms with Gasteiger partial charge in [0.05, 0.1) is 25.3 Å². The molecular weight excluding hydrogens is 220 g/mol. The Hall–Kier alpha value is -1.07. The Balaban J connectivity index is 2.90. The van der Waals surface area contributed by atoms with Crippen molar-refractivity contribution in [2.45, 2.75) is 19.4 Å². The summed E-state index contributed by atoms with van der Waals surface area (Å²) >= 11 is 5.92. The number of rotatable bonds is 3. The van der Waals surface area contributed by atoms with Crippen LogP contribution in [0.1, 0.15) is 23.8 Å². The molecule has 0 aliphatic carbocycles. The van der Waals surface area contributed by atoms with Crippen LogP contribution >= 0.6 is 11.6 Å². The number of halogens is 1. The van der Waals surface area contributed by atoms with Crippen LogP contribution < -0.4 is 0 Å². The van der Waals surface area contributed by atoms with Crippen LogP contribution in [0.15, 0.2) is 0 Å². The van der Waals surface area contributed by atoms with E-state index in [9.17, 15) is 9.90 Å². The summed E-state index contributed by atoms with van der Waals surface area (Å²) in [6.45, 7) is 1.72. The molecule has 0 unspecified atom stereocenters. The molecule has 0 fully saturated rings. The molecule has 5 nitrogen and oxygen atoms in total. The number of aromatic nitrogens is 2. The smallest absolute Gasteiger partial charge is 0.308 e. The molecule has 0 bridgehead atoms. The predicted octanol–water partition coefficient (Wildman–Crippen LogP) is 0.978. The summed E-state index contributed by atoms with van der Waals surface area (Å²) in [6.07, 6.45) is -1.10. The maximum Gasteiger partial charge on any atom is 0.308 e. The molecular formula is C9H13ClN2O3. The third kappa shape index (κ3) is 2.49. The largest absolute Gasteiger partial charge is 0.469 e. The number of aliphatic hydroxyl groups is 1. The number of nitrogens with zero attached hydrogens (tertiary/aromatic N) is 2. The van der Waals surface area contributed by atoms with Crippen molar-refractivity contribution in [2.75, 3.05) is 7.11 Å². The van der Waals surface area contributed by atoms with Gasteiger partial charge in [-0.05, 0) is 6.92 Å². The van der Waals surface area contributed by atoms with E-state index in [2.05, 4.69) is 9.84 Å². The summed E-state index contributed by atoms with van der Waals surface area (Å²) in [6, 6.07) is 0. The monoisotopic (exact) mass is 232 g/mol. The Kier molecular flexibility index (Phi) is 3.71. The van der Waals surface area contributed by atoms with E-state index < -0.39 is 12.1 Å². The van der Waals surface area contributed by atoms with Crippen LogP contribution in [0.25, 0.3) is 0 Å². The van der Waals surface area contributed by atoms with Crippen molar-refractivity contribution in [3.05, 3.63) is 16.4 Å². The van der Waals surface area contributed by atoms with Gasteiger partial charge in [0.25, 0.3) is 0 Å². The molecule has 0 saturated carbocycles. The molecule has 0 saturated heterocycles. The summed E-state index contributed by atoms with van der Waals surface area (Å²) < 4.78 is 5.91. The van der Waals surface area contributed by atoms with E-state index in [1.807, 2.05) is 0 Å². The first-order valence-electron chi connectivity index (χ1n) is 4.41. The minimum Gasteiger partial charge on any atom is -0.469 e. The molecule has 84 valence electrons. The van der Waals surface area contributed by atoms with Crippen molar-refractivity contribution in [1.82, 2.24) is 9.78 Å². The lowest BCUT2D eigenvalue weighted by atomic mass is 10.1. The zero-order chi connectivity index (χ0) is 11.6. The lowest BCUT2D eigenvalue weighted by molar-refractivity contribution is -0.142. The minimum atomic E-state index is -0.973. The Morgan fingerprint density at radius 2 is 2.33 bits per heavy atom. The van der Waals surface area contributed by atoms with Gasteiger partial charge in [-0.15, -0.1) is 0 Å². The van der Waals surface area contributed by atoms with E-state index in [1.54, 1.807) is 14.0 Å². The van der Waals surface area contributed by atoms with Gasteiger partial charge in [-0.3, -0.25) is 9.48 Å². The second-order valence-corrected chi connectivity index (χ2v) is 3.57. The average Bonchev–Trinajstić information content (AvgIpc) is 2.41. The van der Waals surface area contributed by atoms with Gasteiger partial charge in [0, 0.05) is 12.6 Å². The Morgan fingerprint density at radius 3 is 2.73 bits per heavy atom. The quantitative estimate of drug-likeness (QED) is 0.789. The van der Waals surface area contributed by atoms with Crippen LogP contribution in [-0.2, 0) is 16.6 Å². The Bertz CT molecular complexity index is 376. The van der Waals surface area contributed by atoms with Crippen LogP contribution in [0.3, 0.4) is 0 Å². The molecule has 1 heterocycles. The Morgan fingerprint density at radius 1 is 1.73 bits per heavy atom. The van der Waals surface area contributed by atoms with Gasteiger partial charge < -0.3 is 9.84 Å². The second-order valence-electron chi connectivity index (χ2n) is 3.21. The standard InChI is InChI=1S/C9H13ClN2O3/c1-5-8(9(10)12(2)11-5)6(13)4-7(14)15-3/h6,13H,4H2,1-3H3/t6-/m0/s1. The zero-order valence-corrected chi connectivity index (χ0v) is 9.58. The third-order valence-corrected chi connectivity index (χ3v) is 2.57. The molecule has 15 heavy (non-hydrogen) atoms. The maximum absolute atomic E-state index is 11.0. The van der Waals surface area contributed by atoms with Crippen molar-refractivity contribution in [3.8, 4) is 0 Å². The average molecular weight is 233 g/mol. The van der Waals surface area contributed by atoms with E-state index in [0.29, 0.717) is 16.4 Å². The summed E-state index contributed by atoms with van der Waals surface area (Å²) in [7, 11) is 2.94. The molecule has 0 radical (unpaired) electrons. The predicted molar refractivity (Wildman–Crippen MR) is 54.5 cm³/mol. The fourth-order valence-corrected chi connectivity index (χ4v) is 1.67. The summed E-state index contributed by atoms with van der Waals surface area (Å²) in [5.41, 5.74) is 1.09. The van der Waals surface area contributed by atoms with Gasteiger partial charge in [-0.1, -0.05) is 11.6 Å². The fraction of sp³-hybridized carbons (Fsp3) is 0.556. The number of hydrogen-bond donors (Lipinski definition) is 1. The number of aliphatic hydroxyl groups excluding tert-OH is 1. The number of carbonyl (C=O) groups is 1. The highest BCUT2D eigenvalue weighted by Gasteiger charge is 2.21. The first kappa shape index (κ1) is 12.0. The normalized spacial score (nSPS) is 12.6. The number of esters is 1. The molecule has 0 aromatic carbocycles. The molecule has 0 spiro atoms. The van der Waals surface area contributed by atoms with Crippen LogP contribution in [-0.4, -0.2) is 28.0 Å². The third-order valence-electron chi connectivity index (χ3n) is 2.12. The topological polar surface area (TPSA) is 64.3 Å². The highest BCUT2D eigenvalue weighted by molar-refractivity contribution is 6.30.